The summed E-state index contributed by atoms with van der Waals surface area (Å²) in [6, 6.07) is 1.88. The highest BCUT2D eigenvalue weighted by Crippen LogP contribution is 2.19. The fraction of sp³-hybridized carbons (Fsp3) is 0.615. The zero-order chi connectivity index (χ0) is 15.7. The molecular weight excluding hydrogens is 276 g/mol. The van der Waals surface area contributed by atoms with E-state index in [2.05, 4.69) is 0 Å². The van der Waals surface area contributed by atoms with Crippen molar-refractivity contribution in [3.63, 3.8) is 0 Å². The lowest BCUT2D eigenvalue weighted by Crippen LogP contribution is -2.50. The van der Waals surface area contributed by atoms with Gasteiger partial charge in [0.25, 0.3) is 5.56 Å². The molecular formula is C13H18N4O4. The summed E-state index contributed by atoms with van der Waals surface area (Å²) in [6.45, 7) is 2.72. The standard InChI is InChI=1S/C13H18N4O4/c1-8(18)10-7-17(4-5-21-10)11-9(6-14)12(19)16(3)13(20)15(11)2/h8,10,18H,4-5,7H2,1-3H3/t8-,10?/m0/s1. The second-order valence-electron chi connectivity index (χ2n) is 5.11. The summed E-state index contributed by atoms with van der Waals surface area (Å²) in [6.07, 6.45) is -1.11. The van der Waals surface area contributed by atoms with Gasteiger partial charge < -0.3 is 14.7 Å². The van der Waals surface area contributed by atoms with Crippen LogP contribution < -0.4 is 16.1 Å². The van der Waals surface area contributed by atoms with Crippen LogP contribution in [0, 0.1) is 11.3 Å². The first-order valence-electron chi connectivity index (χ1n) is 6.63. The molecule has 0 amide bonds. The molecule has 1 saturated heterocycles. The summed E-state index contributed by atoms with van der Waals surface area (Å²) in [5.41, 5.74) is -1.18. The van der Waals surface area contributed by atoms with Crippen LogP contribution in [0.4, 0.5) is 5.82 Å². The minimum Gasteiger partial charge on any atom is -0.391 e. The number of morpholine rings is 1. The third-order valence-electron chi connectivity index (χ3n) is 3.68. The van der Waals surface area contributed by atoms with Crippen molar-refractivity contribution in [1.29, 1.82) is 5.26 Å². The third-order valence-corrected chi connectivity index (χ3v) is 3.68. The number of hydrogen-bond acceptors (Lipinski definition) is 6. The van der Waals surface area contributed by atoms with Crippen LogP contribution in [0.5, 0.6) is 0 Å². The average molecular weight is 294 g/mol. The summed E-state index contributed by atoms with van der Waals surface area (Å²) in [5.74, 6) is 0.277. The number of aromatic nitrogens is 2. The zero-order valence-electron chi connectivity index (χ0n) is 12.2. The van der Waals surface area contributed by atoms with Crippen molar-refractivity contribution in [2.24, 2.45) is 14.1 Å². The molecule has 1 aliphatic heterocycles. The maximum absolute atomic E-state index is 12.1. The van der Waals surface area contributed by atoms with Gasteiger partial charge in [0.05, 0.1) is 12.7 Å². The van der Waals surface area contributed by atoms with Gasteiger partial charge in [-0.05, 0) is 6.92 Å². The summed E-state index contributed by atoms with van der Waals surface area (Å²) >= 11 is 0. The first-order valence-corrected chi connectivity index (χ1v) is 6.63. The summed E-state index contributed by atoms with van der Waals surface area (Å²) in [7, 11) is 2.86. The first kappa shape index (κ1) is 15.3. The minimum atomic E-state index is -0.679. The predicted molar refractivity (Wildman–Crippen MR) is 75.3 cm³/mol. The van der Waals surface area contributed by atoms with Gasteiger partial charge in [-0.2, -0.15) is 5.26 Å². The monoisotopic (exact) mass is 294 g/mol. The Morgan fingerprint density at radius 2 is 2.05 bits per heavy atom. The van der Waals surface area contributed by atoms with E-state index in [0.717, 1.165) is 4.57 Å². The first-order chi connectivity index (χ1) is 9.88. The number of aliphatic hydroxyl groups excluding tert-OH is 1. The minimum absolute atomic E-state index is 0.0779. The van der Waals surface area contributed by atoms with E-state index >= 15 is 0 Å². The molecule has 1 aromatic heterocycles. The van der Waals surface area contributed by atoms with Crippen molar-refractivity contribution in [1.82, 2.24) is 9.13 Å². The molecule has 8 nitrogen and oxygen atoms in total. The summed E-state index contributed by atoms with van der Waals surface area (Å²) < 4.78 is 7.64. The third kappa shape index (κ3) is 2.57. The molecule has 21 heavy (non-hydrogen) atoms. The normalized spacial score (nSPS) is 20.1. The molecule has 1 N–H and O–H groups in total. The molecule has 1 aliphatic rings. The predicted octanol–water partition coefficient (Wildman–Crippen LogP) is -1.46. The molecule has 0 aliphatic carbocycles. The maximum atomic E-state index is 12.1. The summed E-state index contributed by atoms with van der Waals surface area (Å²) in [5, 5.41) is 18.9. The van der Waals surface area contributed by atoms with E-state index in [1.165, 1.54) is 18.7 Å². The fourth-order valence-corrected chi connectivity index (χ4v) is 2.46. The zero-order valence-corrected chi connectivity index (χ0v) is 12.2. The van der Waals surface area contributed by atoms with Crippen molar-refractivity contribution < 1.29 is 9.84 Å². The van der Waals surface area contributed by atoms with Gasteiger partial charge in [0.2, 0.25) is 0 Å². The SMILES string of the molecule is C[C@H](O)C1CN(c2c(C#N)c(=O)n(C)c(=O)n2C)CCO1. The Balaban J connectivity index is 2.56. The Bertz CT molecular complexity index is 698. The molecule has 2 atom stereocenters. The van der Waals surface area contributed by atoms with E-state index in [-0.39, 0.29) is 11.4 Å². The highest BCUT2D eigenvalue weighted by atomic mass is 16.5. The Morgan fingerprint density at radius 1 is 1.38 bits per heavy atom. The van der Waals surface area contributed by atoms with Crippen LogP contribution in [0.15, 0.2) is 9.59 Å². The van der Waals surface area contributed by atoms with E-state index < -0.39 is 23.5 Å². The number of anilines is 1. The van der Waals surface area contributed by atoms with E-state index in [1.807, 2.05) is 6.07 Å². The number of nitriles is 1. The van der Waals surface area contributed by atoms with Crippen LogP contribution in [-0.4, -0.2) is 46.1 Å². The number of nitrogens with zero attached hydrogens (tertiary/aromatic N) is 4. The highest BCUT2D eigenvalue weighted by molar-refractivity contribution is 5.53. The van der Waals surface area contributed by atoms with Crippen molar-refractivity contribution in [3.05, 3.63) is 26.4 Å². The van der Waals surface area contributed by atoms with Crippen LogP contribution in [0.3, 0.4) is 0 Å². The molecule has 1 unspecified atom stereocenters. The van der Waals surface area contributed by atoms with Gasteiger partial charge in [-0.1, -0.05) is 0 Å². The van der Waals surface area contributed by atoms with E-state index in [9.17, 15) is 20.0 Å². The van der Waals surface area contributed by atoms with E-state index in [0.29, 0.717) is 19.7 Å². The molecule has 0 aromatic carbocycles. The van der Waals surface area contributed by atoms with Crippen molar-refractivity contribution in [3.8, 4) is 6.07 Å². The Morgan fingerprint density at radius 3 is 2.62 bits per heavy atom. The van der Waals surface area contributed by atoms with E-state index in [4.69, 9.17) is 4.74 Å². The molecule has 114 valence electrons. The summed E-state index contributed by atoms with van der Waals surface area (Å²) in [4.78, 5) is 25.9. The number of aliphatic hydroxyl groups is 1. The van der Waals surface area contributed by atoms with Crippen LogP contribution >= 0.6 is 0 Å². The molecule has 0 spiro atoms. The second-order valence-corrected chi connectivity index (χ2v) is 5.11. The molecule has 8 heteroatoms. The van der Waals surface area contributed by atoms with Crippen molar-refractivity contribution >= 4 is 5.82 Å². The topological polar surface area (TPSA) is 100 Å². The quantitative estimate of drug-likeness (QED) is 0.715. The number of ether oxygens (including phenoxy) is 1. The number of rotatable bonds is 2. The highest BCUT2D eigenvalue weighted by Gasteiger charge is 2.28. The van der Waals surface area contributed by atoms with Crippen molar-refractivity contribution in [2.75, 3.05) is 24.6 Å². The lowest BCUT2D eigenvalue weighted by atomic mass is 10.1. The smallest absolute Gasteiger partial charge is 0.332 e. The average Bonchev–Trinajstić information content (AvgIpc) is 2.48. The maximum Gasteiger partial charge on any atom is 0.332 e. The molecule has 0 bridgehead atoms. The number of hydrogen-bond donors (Lipinski definition) is 1. The Hall–Kier alpha value is -2.11. The Labute approximate surface area is 121 Å². The van der Waals surface area contributed by atoms with Crippen molar-refractivity contribution in [2.45, 2.75) is 19.1 Å². The van der Waals surface area contributed by atoms with Crippen LogP contribution in [0.1, 0.15) is 12.5 Å². The molecule has 2 rings (SSSR count). The van der Waals surface area contributed by atoms with Gasteiger partial charge in [0.1, 0.15) is 18.0 Å². The van der Waals surface area contributed by atoms with E-state index in [1.54, 1.807) is 11.8 Å². The van der Waals surface area contributed by atoms with Crippen LogP contribution in [0.25, 0.3) is 0 Å². The van der Waals surface area contributed by atoms with Crippen LogP contribution in [0.2, 0.25) is 0 Å². The Kier molecular flexibility index (Phi) is 4.16. The molecule has 1 fully saturated rings. The van der Waals surface area contributed by atoms with Gasteiger partial charge in [-0.3, -0.25) is 13.9 Å². The van der Waals surface area contributed by atoms with Gasteiger partial charge >= 0.3 is 5.69 Å². The second kappa shape index (κ2) is 5.71. The lowest BCUT2D eigenvalue weighted by Gasteiger charge is -2.36. The van der Waals surface area contributed by atoms with Gasteiger partial charge in [-0.25, -0.2) is 4.79 Å². The van der Waals surface area contributed by atoms with Gasteiger partial charge in [0, 0.05) is 27.2 Å². The largest absolute Gasteiger partial charge is 0.391 e. The molecule has 1 aromatic rings. The van der Waals surface area contributed by atoms with Gasteiger partial charge in [-0.15, -0.1) is 0 Å². The fourth-order valence-electron chi connectivity index (χ4n) is 2.46. The van der Waals surface area contributed by atoms with Crippen LogP contribution in [-0.2, 0) is 18.8 Å². The lowest BCUT2D eigenvalue weighted by molar-refractivity contribution is -0.0367. The molecule has 0 radical (unpaired) electrons. The van der Waals surface area contributed by atoms with Gasteiger partial charge in [0.15, 0.2) is 5.56 Å². The molecule has 2 heterocycles. The molecule has 0 saturated carbocycles.